The Labute approximate surface area is 153 Å². The molecule has 2 aromatic rings. The van der Waals surface area contributed by atoms with Gasteiger partial charge in [0, 0.05) is 11.3 Å². The van der Waals surface area contributed by atoms with Crippen molar-refractivity contribution in [3.05, 3.63) is 65.2 Å². The van der Waals surface area contributed by atoms with Crippen molar-refractivity contribution in [3.63, 3.8) is 0 Å². The largest absolute Gasteiger partial charge is 0.345 e. The third-order valence-electron chi connectivity index (χ3n) is 3.95. The van der Waals surface area contributed by atoms with Crippen LogP contribution >= 0.6 is 0 Å². The molecule has 0 heterocycles. The molecule has 26 heavy (non-hydrogen) atoms. The molecule has 6 heteroatoms. The second kappa shape index (κ2) is 8.80. The molecule has 0 radical (unpaired) electrons. The van der Waals surface area contributed by atoms with Crippen LogP contribution in [0, 0.1) is 13.8 Å². The van der Waals surface area contributed by atoms with E-state index in [1.54, 1.807) is 31.2 Å². The van der Waals surface area contributed by atoms with Gasteiger partial charge in [-0.25, -0.2) is 0 Å². The van der Waals surface area contributed by atoms with Gasteiger partial charge in [-0.15, -0.1) is 0 Å². The van der Waals surface area contributed by atoms with Gasteiger partial charge in [-0.3, -0.25) is 14.4 Å². The van der Waals surface area contributed by atoms with E-state index in [2.05, 4.69) is 16.0 Å². The zero-order valence-electron chi connectivity index (χ0n) is 15.1. The molecule has 0 aliphatic rings. The van der Waals surface area contributed by atoms with Gasteiger partial charge in [-0.1, -0.05) is 36.4 Å². The maximum absolute atomic E-state index is 12.1. The highest BCUT2D eigenvalue weighted by Crippen LogP contribution is 2.18. The quantitative estimate of drug-likeness (QED) is 0.744. The highest BCUT2D eigenvalue weighted by molar-refractivity contribution is 5.99. The lowest BCUT2D eigenvalue weighted by molar-refractivity contribution is -0.125. The van der Waals surface area contributed by atoms with Crippen molar-refractivity contribution < 1.29 is 14.4 Å². The molecule has 1 atom stereocenters. The fourth-order valence-corrected chi connectivity index (χ4v) is 2.45. The van der Waals surface area contributed by atoms with E-state index in [9.17, 15) is 14.4 Å². The molecule has 0 saturated carbocycles. The third-order valence-corrected chi connectivity index (χ3v) is 3.95. The molecule has 0 aliphatic carbocycles. The standard InChI is InChI=1S/C20H23N3O3/c1-13-8-7-9-14(2)18(13)23-17(24)12-21-19(25)15(3)22-20(26)16-10-5-4-6-11-16/h4-11,15H,12H2,1-3H3,(H,21,25)(H,22,26)(H,23,24). The highest BCUT2D eigenvalue weighted by Gasteiger charge is 2.17. The van der Waals surface area contributed by atoms with Gasteiger partial charge in [-0.05, 0) is 44.0 Å². The van der Waals surface area contributed by atoms with Crippen LogP contribution in [0.2, 0.25) is 0 Å². The van der Waals surface area contributed by atoms with Gasteiger partial charge >= 0.3 is 0 Å². The molecular formula is C20H23N3O3. The Balaban J connectivity index is 1.84. The van der Waals surface area contributed by atoms with E-state index < -0.39 is 11.9 Å². The lowest BCUT2D eigenvalue weighted by Crippen LogP contribution is -2.46. The molecule has 1 unspecified atom stereocenters. The molecule has 136 valence electrons. The van der Waals surface area contributed by atoms with E-state index in [0.717, 1.165) is 16.8 Å². The summed E-state index contributed by atoms with van der Waals surface area (Å²) < 4.78 is 0. The summed E-state index contributed by atoms with van der Waals surface area (Å²) in [6.45, 7) is 5.21. The van der Waals surface area contributed by atoms with Crippen molar-refractivity contribution in [2.75, 3.05) is 11.9 Å². The first-order valence-corrected chi connectivity index (χ1v) is 8.38. The molecule has 0 spiro atoms. The second-order valence-electron chi connectivity index (χ2n) is 6.09. The summed E-state index contributed by atoms with van der Waals surface area (Å²) in [6.07, 6.45) is 0. The van der Waals surface area contributed by atoms with E-state index in [1.807, 2.05) is 38.1 Å². The predicted octanol–water partition coefficient (Wildman–Crippen LogP) is 2.18. The number of rotatable bonds is 6. The van der Waals surface area contributed by atoms with Crippen LogP contribution in [0.25, 0.3) is 0 Å². The first-order valence-electron chi connectivity index (χ1n) is 8.38. The van der Waals surface area contributed by atoms with Crippen LogP contribution in [-0.4, -0.2) is 30.3 Å². The van der Waals surface area contributed by atoms with E-state index in [4.69, 9.17) is 0 Å². The zero-order chi connectivity index (χ0) is 19.1. The Bertz CT molecular complexity index is 783. The van der Waals surface area contributed by atoms with E-state index in [-0.39, 0.29) is 18.4 Å². The summed E-state index contributed by atoms with van der Waals surface area (Å²) in [5.74, 6) is -1.09. The molecule has 6 nitrogen and oxygen atoms in total. The topological polar surface area (TPSA) is 87.3 Å². The van der Waals surface area contributed by atoms with E-state index in [1.165, 1.54) is 0 Å². The maximum atomic E-state index is 12.1. The average molecular weight is 353 g/mol. The Kier molecular flexibility index (Phi) is 6.49. The Morgan fingerprint density at radius 2 is 1.54 bits per heavy atom. The minimum atomic E-state index is -0.754. The molecule has 2 aromatic carbocycles. The summed E-state index contributed by atoms with van der Waals surface area (Å²) in [6, 6.07) is 13.6. The van der Waals surface area contributed by atoms with Crippen LogP contribution in [0.1, 0.15) is 28.4 Å². The van der Waals surface area contributed by atoms with Crippen molar-refractivity contribution in [1.29, 1.82) is 0 Å². The van der Waals surface area contributed by atoms with Crippen LogP contribution in [0.5, 0.6) is 0 Å². The molecule has 0 aromatic heterocycles. The molecular weight excluding hydrogens is 330 g/mol. The van der Waals surface area contributed by atoms with Crippen molar-refractivity contribution in [2.24, 2.45) is 0 Å². The van der Waals surface area contributed by atoms with E-state index >= 15 is 0 Å². The summed E-state index contributed by atoms with van der Waals surface area (Å²) in [5, 5.41) is 7.94. The molecule has 2 rings (SSSR count). The minimum Gasteiger partial charge on any atom is -0.345 e. The summed E-state index contributed by atoms with van der Waals surface area (Å²) in [4.78, 5) is 36.2. The number of hydrogen-bond donors (Lipinski definition) is 3. The van der Waals surface area contributed by atoms with Gasteiger partial charge in [0.05, 0.1) is 6.54 Å². The first kappa shape index (κ1) is 19.2. The number of benzene rings is 2. The lowest BCUT2D eigenvalue weighted by atomic mass is 10.1. The molecule has 3 amide bonds. The minimum absolute atomic E-state index is 0.168. The fraction of sp³-hybridized carbons (Fsp3) is 0.250. The smallest absolute Gasteiger partial charge is 0.251 e. The van der Waals surface area contributed by atoms with Gasteiger partial charge in [0.2, 0.25) is 11.8 Å². The van der Waals surface area contributed by atoms with Crippen molar-refractivity contribution in [1.82, 2.24) is 10.6 Å². The van der Waals surface area contributed by atoms with Crippen molar-refractivity contribution >= 4 is 23.4 Å². The van der Waals surface area contributed by atoms with Crippen molar-refractivity contribution in [3.8, 4) is 0 Å². The van der Waals surface area contributed by atoms with Gasteiger partial charge < -0.3 is 16.0 Å². The Morgan fingerprint density at radius 3 is 2.15 bits per heavy atom. The van der Waals surface area contributed by atoms with Gasteiger partial charge in [0.1, 0.15) is 6.04 Å². The second-order valence-corrected chi connectivity index (χ2v) is 6.09. The number of hydrogen-bond acceptors (Lipinski definition) is 3. The molecule has 0 aliphatic heterocycles. The van der Waals surface area contributed by atoms with Gasteiger partial charge in [-0.2, -0.15) is 0 Å². The number of carbonyl (C=O) groups excluding carboxylic acids is 3. The number of para-hydroxylation sites is 1. The lowest BCUT2D eigenvalue weighted by Gasteiger charge is -2.15. The van der Waals surface area contributed by atoms with Crippen LogP contribution in [0.4, 0.5) is 5.69 Å². The fourth-order valence-electron chi connectivity index (χ4n) is 2.45. The molecule has 3 N–H and O–H groups in total. The zero-order valence-corrected chi connectivity index (χ0v) is 15.1. The van der Waals surface area contributed by atoms with E-state index in [0.29, 0.717) is 5.56 Å². The summed E-state index contributed by atoms with van der Waals surface area (Å²) >= 11 is 0. The highest BCUT2D eigenvalue weighted by atomic mass is 16.2. The predicted molar refractivity (Wildman–Crippen MR) is 101 cm³/mol. The first-order chi connectivity index (χ1) is 12.4. The third kappa shape index (κ3) is 5.17. The van der Waals surface area contributed by atoms with Crippen LogP contribution < -0.4 is 16.0 Å². The van der Waals surface area contributed by atoms with Crippen LogP contribution in [0.15, 0.2) is 48.5 Å². The maximum Gasteiger partial charge on any atom is 0.251 e. The molecule has 0 fully saturated rings. The number of nitrogens with one attached hydrogen (secondary N) is 3. The number of aryl methyl sites for hydroxylation is 2. The van der Waals surface area contributed by atoms with Gasteiger partial charge in [0.15, 0.2) is 0 Å². The van der Waals surface area contributed by atoms with Crippen LogP contribution in [-0.2, 0) is 9.59 Å². The van der Waals surface area contributed by atoms with Gasteiger partial charge in [0.25, 0.3) is 5.91 Å². The molecule has 0 saturated heterocycles. The Hall–Kier alpha value is -3.15. The number of carbonyl (C=O) groups is 3. The Morgan fingerprint density at radius 1 is 0.923 bits per heavy atom. The monoisotopic (exact) mass is 353 g/mol. The van der Waals surface area contributed by atoms with Crippen molar-refractivity contribution in [2.45, 2.75) is 26.8 Å². The van der Waals surface area contributed by atoms with Crippen LogP contribution in [0.3, 0.4) is 0 Å². The normalized spacial score (nSPS) is 11.3. The summed E-state index contributed by atoms with van der Waals surface area (Å²) in [5.41, 5.74) is 3.12. The number of amides is 3. The number of anilines is 1. The summed E-state index contributed by atoms with van der Waals surface area (Å²) in [7, 11) is 0. The average Bonchev–Trinajstić information content (AvgIpc) is 2.63. The SMILES string of the molecule is Cc1cccc(C)c1NC(=O)CNC(=O)C(C)NC(=O)c1ccccc1. The molecule has 0 bridgehead atoms.